The molecule has 2 nitrogen and oxygen atoms in total. The molecule has 1 aromatic carbocycles. The zero-order chi connectivity index (χ0) is 10.8. The molecule has 0 unspecified atom stereocenters. The molecule has 1 aliphatic carbocycles. The number of hydrogen-bond acceptors (Lipinski definition) is 1. The molecule has 0 saturated heterocycles. The quantitative estimate of drug-likeness (QED) is 0.818. The van der Waals surface area contributed by atoms with Crippen molar-refractivity contribution < 1.29 is 9.90 Å². The van der Waals surface area contributed by atoms with Crippen molar-refractivity contribution in [2.24, 2.45) is 5.92 Å². The second-order valence-electron chi connectivity index (χ2n) is 4.45. The average Bonchev–Trinajstić information content (AvgIpc) is 2.99. The van der Waals surface area contributed by atoms with Crippen LogP contribution in [0.5, 0.6) is 0 Å². The first-order valence-electron chi connectivity index (χ1n) is 5.45. The van der Waals surface area contributed by atoms with Crippen molar-refractivity contribution in [3.05, 3.63) is 35.4 Å². The van der Waals surface area contributed by atoms with Crippen molar-refractivity contribution in [1.82, 2.24) is 0 Å². The molecule has 1 atom stereocenters. The topological polar surface area (TPSA) is 37.3 Å². The van der Waals surface area contributed by atoms with Crippen molar-refractivity contribution in [3.63, 3.8) is 0 Å². The first-order chi connectivity index (χ1) is 7.16. The molecule has 0 heterocycles. The lowest BCUT2D eigenvalue weighted by Crippen LogP contribution is -2.08. The maximum absolute atomic E-state index is 10.8. The van der Waals surface area contributed by atoms with E-state index in [1.165, 1.54) is 24.0 Å². The largest absolute Gasteiger partial charge is 0.481 e. The van der Waals surface area contributed by atoms with Crippen LogP contribution in [0.25, 0.3) is 0 Å². The number of carboxylic acid groups (broad SMARTS) is 1. The number of carboxylic acids is 1. The normalized spacial score (nSPS) is 17.4. The van der Waals surface area contributed by atoms with Gasteiger partial charge in [-0.25, -0.2) is 0 Å². The van der Waals surface area contributed by atoms with E-state index < -0.39 is 5.97 Å². The summed E-state index contributed by atoms with van der Waals surface area (Å²) in [7, 11) is 0. The molecule has 15 heavy (non-hydrogen) atoms. The van der Waals surface area contributed by atoms with Crippen molar-refractivity contribution in [1.29, 1.82) is 0 Å². The molecule has 1 aliphatic rings. The Labute approximate surface area is 89.9 Å². The van der Waals surface area contributed by atoms with Gasteiger partial charge in [0.2, 0.25) is 0 Å². The Morgan fingerprint density at radius 2 is 2.00 bits per heavy atom. The Morgan fingerprint density at radius 1 is 1.40 bits per heavy atom. The summed E-state index contributed by atoms with van der Waals surface area (Å²) in [5, 5.41) is 8.88. The molecule has 0 aromatic heterocycles. The van der Waals surface area contributed by atoms with Gasteiger partial charge in [-0.2, -0.15) is 0 Å². The maximum Gasteiger partial charge on any atom is 0.303 e. The van der Waals surface area contributed by atoms with Gasteiger partial charge in [0.05, 0.1) is 6.42 Å². The number of rotatable bonds is 4. The second-order valence-corrected chi connectivity index (χ2v) is 4.45. The lowest BCUT2D eigenvalue weighted by molar-refractivity contribution is -0.137. The Bertz CT molecular complexity index is 349. The minimum atomic E-state index is -0.688. The zero-order valence-corrected chi connectivity index (χ0v) is 8.94. The fraction of sp³-hybridized carbons (Fsp3) is 0.462. The number of aliphatic carboxylic acids is 1. The standard InChI is InChI=1S/C13H16O2/c1-9-2-4-10(5-3-9)12(8-13(14)15)11-6-7-11/h2-5,11-12H,6-8H2,1H3,(H,14,15)/t12-/m0/s1. The SMILES string of the molecule is Cc1ccc([C@H](CC(=O)O)C2CC2)cc1. The van der Waals surface area contributed by atoms with E-state index in [0.717, 1.165) is 0 Å². The Hall–Kier alpha value is -1.31. The Balaban J connectivity index is 2.16. The van der Waals surface area contributed by atoms with Gasteiger partial charge in [-0.3, -0.25) is 4.79 Å². The van der Waals surface area contributed by atoms with Crippen molar-refractivity contribution in [2.75, 3.05) is 0 Å². The first-order valence-corrected chi connectivity index (χ1v) is 5.45. The smallest absolute Gasteiger partial charge is 0.303 e. The zero-order valence-electron chi connectivity index (χ0n) is 8.94. The molecule has 0 radical (unpaired) electrons. The predicted octanol–water partition coefficient (Wildman–Crippen LogP) is 2.96. The number of carbonyl (C=O) groups is 1. The molecule has 1 saturated carbocycles. The fourth-order valence-electron chi connectivity index (χ4n) is 2.06. The summed E-state index contributed by atoms with van der Waals surface area (Å²) < 4.78 is 0. The van der Waals surface area contributed by atoms with E-state index >= 15 is 0 Å². The van der Waals surface area contributed by atoms with Crippen LogP contribution < -0.4 is 0 Å². The lowest BCUT2D eigenvalue weighted by Gasteiger charge is -2.14. The molecule has 80 valence electrons. The van der Waals surface area contributed by atoms with Crippen LogP contribution in [-0.4, -0.2) is 11.1 Å². The summed E-state index contributed by atoms with van der Waals surface area (Å²) in [5.74, 6) is 0.138. The molecule has 0 aliphatic heterocycles. The van der Waals surface area contributed by atoms with E-state index in [9.17, 15) is 4.79 Å². The molecular formula is C13H16O2. The van der Waals surface area contributed by atoms with E-state index in [1.54, 1.807) is 0 Å². The second kappa shape index (κ2) is 4.05. The van der Waals surface area contributed by atoms with Crippen LogP contribution in [0.2, 0.25) is 0 Å². The third kappa shape index (κ3) is 2.58. The third-order valence-electron chi connectivity index (χ3n) is 3.09. The summed E-state index contributed by atoms with van der Waals surface area (Å²) in [6.45, 7) is 2.05. The van der Waals surface area contributed by atoms with Crippen LogP contribution in [0.15, 0.2) is 24.3 Å². The van der Waals surface area contributed by atoms with Crippen molar-refractivity contribution in [3.8, 4) is 0 Å². The van der Waals surface area contributed by atoms with E-state index in [0.29, 0.717) is 5.92 Å². The van der Waals surface area contributed by atoms with E-state index in [-0.39, 0.29) is 12.3 Å². The fourth-order valence-corrected chi connectivity index (χ4v) is 2.06. The molecule has 1 aromatic rings. The molecule has 0 bridgehead atoms. The summed E-state index contributed by atoms with van der Waals surface area (Å²) in [6.07, 6.45) is 2.64. The molecule has 1 fully saturated rings. The van der Waals surface area contributed by atoms with Gasteiger partial charge >= 0.3 is 5.97 Å². The van der Waals surface area contributed by atoms with E-state index in [4.69, 9.17) is 5.11 Å². The highest BCUT2D eigenvalue weighted by Gasteiger charge is 2.33. The van der Waals surface area contributed by atoms with Crippen LogP contribution >= 0.6 is 0 Å². The van der Waals surface area contributed by atoms with E-state index in [2.05, 4.69) is 24.3 Å². The summed E-state index contributed by atoms with van der Waals surface area (Å²) in [6, 6.07) is 8.27. The van der Waals surface area contributed by atoms with Gasteiger partial charge in [0.1, 0.15) is 0 Å². The predicted molar refractivity (Wildman–Crippen MR) is 58.9 cm³/mol. The van der Waals surface area contributed by atoms with Crippen LogP contribution in [0.4, 0.5) is 0 Å². The third-order valence-corrected chi connectivity index (χ3v) is 3.09. The van der Waals surface area contributed by atoms with Crippen LogP contribution in [-0.2, 0) is 4.79 Å². The van der Waals surface area contributed by atoms with Crippen molar-refractivity contribution >= 4 is 5.97 Å². The summed E-state index contributed by atoms with van der Waals surface area (Å²) >= 11 is 0. The summed E-state index contributed by atoms with van der Waals surface area (Å²) in [5.41, 5.74) is 2.41. The van der Waals surface area contributed by atoms with Crippen LogP contribution in [0.3, 0.4) is 0 Å². The number of hydrogen-bond donors (Lipinski definition) is 1. The highest BCUT2D eigenvalue weighted by atomic mass is 16.4. The first kappa shape index (κ1) is 10.2. The summed E-state index contributed by atoms with van der Waals surface area (Å²) in [4.78, 5) is 10.8. The Morgan fingerprint density at radius 3 is 2.47 bits per heavy atom. The highest BCUT2D eigenvalue weighted by molar-refractivity contribution is 5.68. The van der Waals surface area contributed by atoms with Gasteiger partial charge < -0.3 is 5.11 Å². The van der Waals surface area contributed by atoms with Gasteiger partial charge in [-0.05, 0) is 37.2 Å². The van der Waals surface area contributed by atoms with Gasteiger partial charge in [-0.1, -0.05) is 29.8 Å². The van der Waals surface area contributed by atoms with Gasteiger partial charge in [0.25, 0.3) is 0 Å². The van der Waals surface area contributed by atoms with E-state index in [1.807, 2.05) is 6.92 Å². The minimum absolute atomic E-state index is 0.225. The molecule has 2 heteroatoms. The van der Waals surface area contributed by atoms with Gasteiger partial charge in [0, 0.05) is 0 Å². The molecular weight excluding hydrogens is 188 g/mol. The highest BCUT2D eigenvalue weighted by Crippen LogP contribution is 2.44. The molecule has 0 amide bonds. The number of aryl methyl sites for hydroxylation is 1. The van der Waals surface area contributed by atoms with Gasteiger partial charge in [0.15, 0.2) is 0 Å². The average molecular weight is 204 g/mol. The monoisotopic (exact) mass is 204 g/mol. The minimum Gasteiger partial charge on any atom is -0.481 e. The molecule has 1 N–H and O–H groups in total. The molecule has 0 spiro atoms. The van der Waals surface area contributed by atoms with Crippen LogP contribution in [0.1, 0.15) is 36.3 Å². The number of benzene rings is 1. The maximum atomic E-state index is 10.8. The lowest BCUT2D eigenvalue weighted by atomic mass is 9.90. The Kier molecular flexibility index (Phi) is 2.76. The van der Waals surface area contributed by atoms with Crippen molar-refractivity contribution in [2.45, 2.75) is 32.1 Å². The van der Waals surface area contributed by atoms with Gasteiger partial charge in [-0.15, -0.1) is 0 Å². The van der Waals surface area contributed by atoms with Crippen LogP contribution in [0, 0.1) is 12.8 Å². The molecule has 2 rings (SSSR count).